The molecule has 110 valence electrons. The first-order chi connectivity index (χ1) is 10.7. The molecule has 0 aliphatic carbocycles. The third kappa shape index (κ3) is 2.75. The van der Waals surface area contributed by atoms with Crippen LogP contribution in [0.4, 0.5) is 0 Å². The molecular weight excluding hydrogens is 266 g/mol. The van der Waals surface area contributed by atoms with Crippen molar-refractivity contribution in [3.05, 3.63) is 102 Å². The summed E-state index contributed by atoms with van der Waals surface area (Å²) in [5, 5.41) is 0. The number of nitrogens with zero attached hydrogens (tertiary/aromatic N) is 1. The predicted molar refractivity (Wildman–Crippen MR) is 94.0 cm³/mol. The number of hydrogen-bond acceptors (Lipinski definition) is 1. The van der Waals surface area contributed by atoms with E-state index >= 15 is 0 Å². The summed E-state index contributed by atoms with van der Waals surface area (Å²) in [5.74, 6) is 0. The van der Waals surface area contributed by atoms with Crippen LogP contribution in [0, 0.1) is 0 Å². The maximum Gasteiger partial charge on any atom is 0.0772 e. The van der Waals surface area contributed by atoms with E-state index in [0.717, 1.165) is 5.70 Å². The van der Waals surface area contributed by atoms with Crippen molar-refractivity contribution in [1.29, 1.82) is 0 Å². The Morgan fingerprint density at radius 1 is 0.955 bits per heavy atom. The molecule has 2 aromatic carbocycles. The lowest BCUT2D eigenvalue weighted by atomic mass is 9.92. The van der Waals surface area contributed by atoms with Crippen molar-refractivity contribution in [2.45, 2.75) is 19.9 Å². The summed E-state index contributed by atoms with van der Waals surface area (Å²) < 4.78 is 0. The molecule has 1 heteroatoms. The lowest BCUT2D eigenvalue weighted by molar-refractivity contribution is 0.401. The Morgan fingerprint density at radius 2 is 1.55 bits per heavy atom. The standard InChI is InChI=1S/C21H21N/c1-16(2)22-15-20(18-10-6-4-7-11-18)17(3)14-21(22)19-12-8-5-9-13-19/h4-15,21H,1H2,2-3H3. The van der Waals surface area contributed by atoms with Gasteiger partial charge in [0.25, 0.3) is 0 Å². The fraction of sp³-hybridized carbons (Fsp3) is 0.143. The minimum Gasteiger partial charge on any atom is -0.341 e. The Labute approximate surface area is 132 Å². The van der Waals surface area contributed by atoms with E-state index in [2.05, 4.69) is 98.3 Å². The lowest BCUT2D eigenvalue weighted by Crippen LogP contribution is -2.23. The molecule has 0 saturated carbocycles. The zero-order valence-corrected chi connectivity index (χ0v) is 13.2. The smallest absolute Gasteiger partial charge is 0.0772 e. The van der Waals surface area contributed by atoms with E-state index in [1.54, 1.807) is 0 Å². The van der Waals surface area contributed by atoms with Crippen LogP contribution >= 0.6 is 0 Å². The fourth-order valence-electron chi connectivity index (χ4n) is 2.90. The highest BCUT2D eigenvalue weighted by Crippen LogP contribution is 2.37. The Morgan fingerprint density at radius 3 is 2.14 bits per heavy atom. The maximum atomic E-state index is 4.16. The zero-order chi connectivity index (χ0) is 15.5. The number of benzene rings is 2. The van der Waals surface area contributed by atoms with E-state index in [4.69, 9.17) is 0 Å². The number of rotatable bonds is 3. The van der Waals surface area contributed by atoms with Crippen molar-refractivity contribution in [3.8, 4) is 0 Å². The second-order valence-corrected chi connectivity index (χ2v) is 5.76. The van der Waals surface area contributed by atoms with Gasteiger partial charge in [0, 0.05) is 17.5 Å². The van der Waals surface area contributed by atoms with Gasteiger partial charge in [-0.3, -0.25) is 0 Å². The van der Waals surface area contributed by atoms with E-state index in [0.29, 0.717) is 0 Å². The summed E-state index contributed by atoms with van der Waals surface area (Å²) in [6.45, 7) is 8.40. The van der Waals surface area contributed by atoms with Crippen LogP contribution in [0.5, 0.6) is 0 Å². The summed E-state index contributed by atoms with van der Waals surface area (Å²) in [6.07, 6.45) is 4.55. The topological polar surface area (TPSA) is 3.24 Å². The molecule has 2 aromatic rings. The molecule has 0 radical (unpaired) electrons. The summed E-state index contributed by atoms with van der Waals surface area (Å²) in [4.78, 5) is 2.25. The van der Waals surface area contributed by atoms with Crippen LogP contribution in [0.25, 0.3) is 5.57 Å². The maximum absolute atomic E-state index is 4.16. The van der Waals surface area contributed by atoms with E-state index in [-0.39, 0.29) is 6.04 Å². The highest BCUT2D eigenvalue weighted by molar-refractivity contribution is 5.79. The van der Waals surface area contributed by atoms with Crippen molar-refractivity contribution in [2.24, 2.45) is 0 Å². The average molecular weight is 287 g/mol. The van der Waals surface area contributed by atoms with Gasteiger partial charge in [-0.05, 0) is 30.5 Å². The molecule has 0 amide bonds. The minimum absolute atomic E-state index is 0.214. The second-order valence-electron chi connectivity index (χ2n) is 5.76. The number of allylic oxidation sites excluding steroid dienone is 3. The van der Waals surface area contributed by atoms with Crippen molar-refractivity contribution < 1.29 is 0 Å². The SMILES string of the molecule is C=C(C)N1C=C(c2ccccc2)C(C)=CC1c1ccccc1. The summed E-state index contributed by atoms with van der Waals surface area (Å²) >= 11 is 0. The largest absolute Gasteiger partial charge is 0.341 e. The minimum atomic E-state index is 0.214. The fourth-order valence-corrected chi connectivity index (χ4v) is 2.90. The Balaban J connectivity index is 2.04. The molecule has 1 aliphatic heterocycles. The van der Waals surface area contributed by atoms with Crippen LogP contribution in [0.2, 0.25) is 0 Å². The van der Waals surface area contributed by atoms with Crippen molar-refractivity contribution in [1.82, 2.24) is 4.90 Å². The van der Waals surface area contributed by atoms with Gasteiger partial charge < -0.3 is 4.90 Å². The van der Waals surface area contributed by atoms with Crippen LogP contribution in [0.3, 0.4) is 0 Å². The van der Waals surface area contributed by atoms with Crippen molar-refractivity contribution in [2.75, 3.05) is 0 Å². The third-order valence-electron chi connectivity index (χ3n) is 4.07. The van der Waals surface area contributed by atoms with Crippen molar-refractivity contribution >= 4 is 5.57 Å². The molecule has 3 rings (SSSR count). The molecule has 0 aromatic heterocycles. The van der Waals surface area contributed by atoms with Gasteiger partial charge in [0.15, 0.2) is 0 Å². The van der Waals surface area contributed by atoms with E-state index in [1.807, 2.05) is 0 Å². The van der Waals surface area contributed by atoms with Crippen molar-refractivity contribution in [3.63, 3.8) is 0 Å². The van der Waals surface area contributed by atoms with Gasteiger partial charge >= 0.3 is 0 Å². The third-order valence-corrected chi connectivity index (χ3v) is 4.07. The van der Waals surface area contributed by atoms with Crippen LogP contribution in [0.1, 0.15) is 31.0 Å². The summed E-state index contributed by atoms with van der Waals surface area (Å²) in [7, 11) is 0. The van der Waals surface area contributed by atoms with Crippen LogP contribution in [-0.2, 0) is 0 Å². The number of hydrogen-bond donors (Lipinski definition) is 0. The average Bonchev–Trinajstić information content (AvgIpc) is 2.56. The quantitative estimate of drug-likeness (QED) is 0.714. The van der Waals surface area contributed by atoms with Gasteiger partial charge in [-0.15, -0.1) is 0 Å². The van der Waals surface area contributed by atoms with Gasteiger partial charge in [-0.1, -0.05) is 73.3 Å². The van der Waals surface area contributed by atoms with Crippen LogP contribution < -0.4 is 0 Å². The highest BCUT2D eigenvalue weighted by Gasteiger charge is 2.22. The molecule has 0 N–H and O–H groups in total. The molecule has 22 heavy (non-hydrogen) atoms. The van der Waals surface area contributed by atoms with Gasteiger partial charge in [0.05, 0.1) is 6.04 Å². The molecular formula is C21H21N. The summed E-state index contributed by atoms with van der Waals surface area (Å²) in [5.41, 5.74) is 6.14. The van der Waals surface area contributed by atoms with Crippen LogP contribution in [-0.4, -0.2) is 4.90 Å². The monoisotopic (exact) mass is 287 g/mol. The molecule has 1 atom stereocenters. The first-order valence-electron chi connectivity index (χ1n) is 7.61. The second kappa shape index (κ2) is 6.07. The Bertz CT molecular complexity index is 723. The first kappa shape index (κ1) is 14.4. The molecule has 1 heterocycles. The molecule has 0 spiro atoms. The summed E-state index contributed by atoms with van der Waals surface area (Å²) in [6, 6.07) is 21.3. The van der Waals surface area contributed by atoms with Gasteiger partial charge in [0.2, 0.25) is 0 Å². The van der Waals surface area contributed by atoms with Gasteiger partial charge in [-0.25, -0.2) is 0 Å². The molecule has 1 nitrogen and oxygen atoms in total. The van der Waals surface area contributed by atoms with Gasteiger partial charge in [-0.2, -0.15) is 0 Å². The molecule has 0 saturated heterocycles. The van der Waals surface area contributed by atoms with Gasteiger partial charge in [0.1, 0.15) is 0 Å². The van der Waals surface area contributed by atoms with E-state index < -0.39 is 0 Å². The van der Waals surface area contributed by atoms with E-state index in [9.17, 15) is 0 Å². The van der Waals surface area contributed by atoms with Crippen LogP contribution in [0.15, 0.2) is 90.8 Å². The molecule has 1 unspecified atom stereocenters. The highest BCUT2D eigenvalue weighted by atomic mass is 15.1. The zero-order valence-electron chi connectivity index (χ0n) is 13.2. The molecule has 0 bridgehead atoms. The molecule has 0 fully saturated rings. The normalized spacial score (nSPS) is 17.7. The Hall–Kier alpha value is -2.54. The lowest BCUT2D eigenvalue weighted by Gasteiger charge is -2.34. The molecule has 1 aliphatic rings. The van der Waals surface area contributed by atoms with E-state index in [1.165, 1.54) is 22.3 Å². The Kier molecular flexibility index (Phi) is 3.97. The predicted octanol–water partition coefficient (Wildman–Crippen LogP) is 5.56. The first-order valence-corrected chi connectivity index (χ1v) is 7.61.